The number of amides is 1. The molecule has 6 heteroatoms. The number of carbonyl (C=O) groups excluding carboxylic acids is 2. The first-order valence-corrected chi connectivity index (χ1v) is 8.57. The zero-order valence-electron chi connectivity index (χ0n) is 15.3. The third kappa shape index (κ3) is 5.58. The third-order valence-electron chi connectivity index (χ3n) is 4.05. The number of nitrogens with one attached hydrogen (secondary N) is 1. The van der Waals surface area contributed by atoms with Crippen LogP contribution in [0, 0.1) is 5.41 Å². The van der Waals surface area contributed by atoms with Crippen molar-refractivity contribution in [1.29, 1.82) is 0 Å². The standard InChI is InChI=1S/C20H24N2O4/c1-4-20(2,3)18(23)25-13-12-22-19(24)26-16-9-7-8-15(14-16)17-10-5-6-11-21-17/h5-11,14H,4,12-13H2,1-3H3,(H,22,24). The van der Waals surface area contributed by atoms with Crippen molar-refractivity contribution in [2.45, 2.75) is 27.2 Å². The van der Waals surface area contributed by atoms with Crippen molar-refractivity contribution >= 4 is 12.1 Å². The van der Waals surface area contributed by atoms with Gasteiger partial charge in [0, 0.05) is 11.8 Å². The Balaban J connectivity index is 1.81. The van der Waals surface area contributed by atoms with E-state index in [-0.39, 0.29) is 19.1 Å². The first-order chi connectivity index (χ1) is 12.4. The average Bonchev–Trinajstić information content (AvgIpc) is 2.66. The zero-order valence-corrected chi connectivity index (χ0v) is 15.3. The van der Waals surface area contributed by atoms with Gasteiger partial charge in [-0.1, -0.05) is 25.1 Å². The largest absolute Gasteiger partial charge is 0.463 e. The van der Waals surface area contributed by atoms with Crippen LogP contribution in [0.4, 0.5) is 4.79 Å². The molecule has 1 N–H and O–H groups in total. The summed E-state index contributed by atoms with van der Waals surface area (Å²) in [6.07, 6.45) is 1.79. The summed E-state index contributed by atoms with van der Waals surface area (Å²) in [5.74, 6) is 0.132. The Labute approximate surface area is 153 Å². The summed E-state index contributed by atoms with van der Waals surface area (Å²) in [6, 6.07) is 12.7. The fraction of sp³-hybridized carbons (Fsp3) is 0.350. The number of esters is 1. The third-order valence-corrected chi connectivity index (χ3v) is 4.05. The van der Waals surface area contributed by atoms with Crippen LogP contribution in [0.15, 0.2) is 48.7 Å². The van der Waals surface area contributed by atoms with E-state index < -0.39 is 11.5 Å². The minimum atomic E-state index is -0.603. The smallest absolute Gasteiger partial charge is 0.412 e. The van der Waals surface area contributed by atoms with Gasteiger partial charge in [0.25, 0.3) is 0 Å². The predicted octanol–water partition coefficient (Wildman–Crippen LogP) is 3.82. The molecule has 0 aliphatic heterocycles. The highest BCUT2D eigenvalue weighted by molar-refractivity contribution is 5.76. The van der Waals surface area contributed by atoms with Crippen LogP contribution in [0.2, 0.25) is 0 Å². The SMILES string of the molecule is CCC(C)(C)C(=O)OCCNC(=O)Oc1cccc(-c2ccccn2)c1. The van der Waals surface area contributed by atoms with Crippen molar-refractivity contribution in [3.05, 3.63) is 48.7 Å². The fourth-order valence-corrected chi connectivity index (χ4v) is 2.03. The minimum Gasteiger partial charge on any atom is -0.463 e. The van der Waals surface area contributed by atoms with Gasteiger partial charge < -0.3 is 14.8 Å². The van der Waals surface area contributed by atoms with Gasteiger partial charge in [-0.15, -0.1) is 0 Å². The van der Waals surface area contributed by atoms with Gasteiger partial charge >= 0.3 is 12.1 Å². The van der Waals surface area contributed by atoms with Gasteiger partial charge in [-0.05, 0) is 44.5 Å². The second-order valence-electron chi connectivity index (χ2n) is 6.43. The van der Waals surface area contributed by atoms with E-state index in [2.05, 4.69) is 10.3 Å². The molecule has 1 heterocycles. The molecule has 26 heavy (non-hydrogen) atoms. The molecule has 1 aromatic carbocycles. The molecule has 0 fully saturated rings. The highest BCUT2D eigenvalue weighted by Crippen LogP contribution is 2.22. The lowest BCUT2D eigenvalue weighted by atomic mass is 9.91. The summed E-state index contributed by atoms with van der Waals surface area (Å²) in [6.45, 7) is 5.86. The van der Waals surface area contributed by atoms with Gasteiger partial charge in [0.2, 0.25) is 0 Å². The molecule has 0 aliphatic carbocycles. The number of benzene rings is 1. The monoisotopic (exact) mass is 356 g/mol. The van der Waals surface area contributed by atoms with Crippen LogP contribution in [0.3, 0.4) is 0 Å². The lowest BCUT2D eigenvalue weighted by Gasteiger charge is -2.20. The molecule has 0 aliphatic rings. The Morgan fingerprint density at radius 2 is 1.96 bits per heavy atom. The molecular formula is C20H24N2O4. The van der Waals surface area contributed by atoms with E-state index in [1.54, 1.807) is 24.4 Å². The first-order valence-electron chi connectivity index (χ1n) is 8.57. The van der Waals surface area contributed by atoms with Gasteiger partial charge in [0.05, 0.1) is 17.7 Å². The number of hydrogen-bond donors (Lipinski definition) is 1. The molecule has 138 valence electrons. The first kappa shape index (κ1) is 19.4. The van der Waals surface area contributed by atoms with E-state index in [1.165, 1.54) is 0 Å². The normalized spacial score (nSPS) is 10.9. The van der Waals surface area contributed by atoms with Gasteiger partial charge in [0.15, 0.2) is 0 Å². The van der Waals surface area contributed by atoms with Crippen LogP contribution in [0.25, 0.3) is 11.3 Å². The molecule has 0 radical (unpaired) electrons. The molecule has 0 atom stereocenters. The van der Waals surface area contributed by atoms with Crippen LogP contribution < -0.4 is 10.1 Å². The van der Waals surface area contributed by atoms with Crippen LogP contribution in [0.5, 0.6) is 5.75 Å². The summed E-state index contributed by atoms with van der Waals surface area (Å²) in [7, 11) is 0. The molecule has 1 aromatic heterocycles. The van der Waals surface area contributed by atoms with Gasteiger partial charge in [-0.3, -0.25) is 9.78 Å². The number of carbonyl (C=O) groups is 2. The van der Waals surface area contributed by atoms with Crippen molar-refractivity contribution in [2.24, 2.45) is 5.41 Å². The molecule has 1 amide bonds. The molecular weight excluding hydrogens is 332 g/mol. The zero-order chi connectivity index (χ0) is 19.0. The Kier molecular flexibility index (Phi) is 6.72. The summed E-state index contributed by atoms with van der Waals surface area (Å²) in [5.41, 5.74) is 1.13. The Bertz CT molecular complexity index is 744. The van der Waals surface area contributed by atoms with E-state index in [4.69, 9.17) is 9.47 Å². The summed E-state index contributed by atoms with van der Waals surface area (Å²) < 4.78 is 10.4. The minimum absolute atomic E-state index is 0.103. The van der Waals surface area contributed by atoms with Crippen LogP contribution in [-0.4, -0.2) is 30.2 Å². The quantitative estimate of drug-likeness (QED) is 0.603. The van der Waals surface area contributed by atoms with Crippen LogP contribution in [-0.2, 0) is 9.53 Å². The number of rotatable bonds is 7. The molecule has 0 bridgehead atoms. The number of pyridine rings is 1. The summed E-state index contributed by atoms with van der Waals surface area (Å²) >= 11 is 0. The fourth-order valence-electron chi connectivity index (χ4n) is 2.03. The Morgan fingerprint density at radius 1 is 1.15 bits per heavy atom. The average molecular weight is 356 g/mol. The molecule has 0 saturated carbocycles. The molecule has 0 unspecified atom stereocenters. The Morgan fingerprint density at radius 3 is 2.65 bits per heavy atom. The van der Waals surface area contributed by atoms with Crippen molar-refractivity contribution in [3.63, 3.8) is 0 Å². The topological polar surface area (TPSA) is 77.5 Å². The van der Waals surface area contributed by atoms with E-state index in [0.29, 0.717) is 12.2 Å². The maximum Gasteiger partial charge on any atom is 0.412 e. The maximum atomic E-state index is 11.9. The van der Waals surface area contributed by atoms with Crippen LogP contribution >= 0.6 is 0 Å². The predicted molar refractivity (Wildman–Crippen MR) is 98.7 cm³/mol. The summed E-state index contributed by atoms with van der Waals surface area (Å²) in [4.78, 5) is 28.0. The molecule has 2 rings (SSSR count). The molecule has 0 spiro atoms. The number of nitrogens with zero attached hydrogens (tertiary/aromatic N) is 1. The highest BCUT2D eigenvalue weighted by Gasteiger charge is 2.26. The van der Waals surface area contributed by atoms with Gasteiger partial charge in [-0.2, -0.15) is 0 Å². The van der Waals surface area contributed by atoms with E-state index in [0.717, 1.165) is 11.3 Å². The molecule has 6 nitrogen and oxygen atoms in total. The van der Waals surface area contributed by atoms with Gasteiger partial charge in [0.1, 0.15) is 12.4 Å². The van der Waals surface area contributed by atoms with Crippen molar-refractivity contribution < 1.29 is 19.1 Å². The lowest BCUT2D eigenvalue weighted by molar-refractivity contribution is -0.153. The Hall–Kier alpha value is -2.89. The van der Waals surface area contributed by atoms with Crippen molar-refractivity contribution in [3.8, 4) is 17.0 Å². The van der Waals surface area contributed by atoms with Crippen molar-refractivity contribution in [1.82, 2.24) is 10.3 Å². The molecule has 2 aromatic rings. The van der Waals surface area contributed by atoms with Crippen LogP contribution in [0.1, 0.15) is 27.2 Å². The second-order valence-corrected chi connectivity index (χ2v) is 6.43. The number of hydrogen-bond acceptors (Lipinski definition) is 5. The molecule has 0 saturated heterocycles. The van der Waals surface area contributed by atoms with Gasteiger partial charge in [-0.25, -0.2) is 4.79 Å². The van der Waals surface area contributed by atoms with E-state index in [9.17, 15) is 9.59 Å². The second kappa shape index (κ2) is 8.99. The number of ether oxygens (including phenoxy) is 2. The highest BCUT2D eigenvalue weighted by atomic mass is 16.6. The van der Waals surface area contributed by atoms with E-state index >= 15 is 0 Å². The number of aromatic nitrogens is 1. The lowest BCUT2D eigenvalue weighted by Crippen LogP contribution is -2.33. The maximum absolute atomic E-state index is 11.9. The van der Waals surface area contributed by atoms with E-state index in [1.807, 2.05) is 45.0 Å². The summed E-state index contributed by atoms with van der Waals surface area (Å²) in [5, 5.41) is 2.56. The van der Waals surface area contributed by atoms with Crippen molar-refractivity contribution in [2.75, 3.05) is 13.2 Å².